The normalized spacial score (nSPS) is 12.4. The third kappa shape index (κ3) is 4.33. The molecule has 0 saturated heterocycles. The van der Waals surface area contributed by atoms with Crippen LogP contribution < -0.4 is 5.63 Å². The zero-order valence-corrected chi connectivity index (χ0v) is 19.2. The Labute approximate surface area is 198 Å². The summed E-state index contributed by atoms with van der Waals surface area (Å²) >= 11 is 0. The van der Waals surface area contributed by atoms with Crippen molar-refractivity contribution >= 4 is 22.9 Å². The Morgan fingerprint density at radius 1 is 1.00 bits per heavy atom. The Morgan fingerprint density at radius 3 is 2.50 bits per heavy atom. The molecule has 0 aliphatic rings. The molecule has 0 bridgehead atoms. The molecule has 3 aromatic carbocycles. The quantitative estimate of drug-likeness (QED) is 0.210. The summed E-state index contributed by atoms with van der Waals surface area (Å²) in [6.45, 7) is 4.41. The Kier molecular flexibility index (Phi) is 5.91. The lowest BCUT2D eigenvalue weighted by Crippen LogP contribution is -2.05. The predicted molar refractivity (Wildman–Crippen MR) is 137 cm³/mol. The first kappa shape index (κ1) is 21.6. The Hall–Kier alpha value is -4.25. The van der Waals surface area contributed by atoms with E-state index in [0.717, 1.165) is 28.7 Å². The van der Waals surface area contributed by atoms with Crippen molar-refractivity contribution in [2.45, 2.75) is 26.2 Å². The summed E-state index contributed by atoms with van der Waals surface area (Å²) in [7, 11) is 0. The van der Waals surface area contributed by atoms with E-state index in [1.54, 1.807) is 17.0 Å². The second-order valence-corrected chi connectivity index (χ2v) is 8.36. The molecule has 168 valence electrons. The molecule has 0 spiro atoms. The molecule has 0 amide bonds. The summed E-state index contributed by atoms with van der Waals surface area (Å²) in [5.41, 5.74) is 4.83. The first-order valence-electron chi connectivity index (χ1n) is 11.4. The van der Waals surface area contributed by atoms with Gasteiger partial charge < -0.3 is 4.42 Å². The molecule has 0 radical (unpaired) electrons. The molecule has 1 atom stereocenters. The van der Waals surface area contributed by atoms with Gasteiger partial charge in [0.05, 0.1) is 16.9 Å². The third-order valence-electron chi connectivity index (χ3n) is 6.09. The number of hydrogen-bond acceptors (Lipinski definition) is 4. The van der Waals surface area contributed by atoms with Crippen LogP contribution in [0.2, 0.25) is 0 Å². The molecule has 5 rings (SSSR count). The summed E-state index contributed by atoms with van der Waals surface area (Å²) in [5.74, 6) is 0.515. The largest absolute Gasteiger partial charge is 0.422 e. The second-order valence-electron chi connectivity index (χ2n) is 8.36. The molecule has 0 N–H and O–H groups in total. The van der Waals surface area contributed by atoms with Crippen LogP contribution in [0.15, 0.2) is 105 Å². The van der Waals surface area contributed by atoms with Crippen molar-refractivity contribution in [3.63, 3.8) is 0 Å². The monoisotopic (exact) mass is 447 g/mol. The van der Waals surface area contributed by atoms with E-state index < -0.39 is 5.63 Å². The molecule has 5 aromatic rings. The molecular formula is C29H25N3O2. The summed E-state index contributed by atoms with van der Waals surface area (Å²) < 4.78 is 7.34. The molecule has 5 heteroatoms. The average molecular weight is 448 g/mol. The van der Waals surface area contributed by atoms with Crippen molar-refractivity contribution in [1.29, 1.82) is 0 Å². The third-order valence-corrected chi connectivity index (χ3v) is 6.09. The van der Waals surface area contributed by atoms with E-state index in [-0.39, 0.29) is 0 Å². The van der Waals surface area contributed by atoms with Gasteiger partial charge in [-0.25, -0.2) is 9.48 Å². The van der Waals surface area contributed by atoms with Gasteiger partial charge in [0.25, 0.3) is 0 Å². The van der Waals surface area contributed by atoms with E-state index in [4.69, 9.17) is 9.52 Å². The summed E-state index contributed by atoms with van der Waals surface area (Å²) in [4.78, 5) is 17.6. The first-order chi connectivity index (χ1) is 16.6. The minimum absolute atomic E-state index is 0.405. The molecule has 34 heavy (non-hydrogen) atoms. The van der Waals surface area contributed by atoms with Crippen molar-refractivity contribution in [3.8, 4) is 16.9 Å². The minimum atomic E-state index is -0.426. The number of aliphatic imine (C=N–C) groups is 1. The number of rotatable bonds is 6. The zero-order chi connectivity index (χ0) is 23.5. The van der Waals surface area contributed by atoms with Crippen LogP contribution in [-0.4, -0.2) is 16.0 Å². The highest BCUT2D eigenvalue weighted by atomic mass is 16.4. The van der Waals surface area contributed by atoms with Crippen LogP contribution in [0.25, 0.3) is 27.9 Å². The molecule has 0 fully saturated rings. The highest BCUT2D eigenvalue weighted by Gasteiger charge is 2.16. The van der Waals surface area contributed by atoms with Gasteiger partial charge in [-0.3, -0.25) is 4.99 Å². The van der Waals surface area contributed by atoms with Gasteiger partial charge >= 0.3 is 5.63 Å². The summed E-state index contributed by atoms with van der Waals surface area (Å²) in [6.07, 6.45) is 4.74. The SMILES string of the molecule is CCC(C)c1ccc(N=Cc2cn(-c3ccccc3)nc2-c2cc3ccccc3oc2=O)cc1. The van der Waals surface area contributed by atoms with Crippen LogP contribution in [0.3, 0.4) is 0 Å². The topological polar surface area (TPSA) is 60.4 Å². The Bertz CT molecular complexity index is 1510. The van der Waals surface area contributed by atoms with Gasteiger partial charge in [0.1, 0.15) is 11.3 Å². The average Bonchev–Trinajstić information content (AvgIpc) is 3.31. The maximum atomic E-state index is 12.9. The van der Waals surface area contributed by atoms with Crippen molar-refractivity contribution in [1.82, 2.24) is 9.78 Å². The number of hydrogen-bond donors (Lipinski definition) is 0. The highest BCUT2D eigenvalue weighted by Crippen LogP contribution is 2.25. The van der Waals surface area contributed by atoms with Gasteiger partial charge in [0.15, 0.2) is 0 Å². The molecular weight excluding hydrogens is 422 g/mol. The highest BCUT2D eigenvalue weighted by molar-refractivity contribution is 5.91. The molecule has 0 saturated carbocycles. The molecule has 0 aliphatic heterocycles. The number of nitrogens with zero attached hydrogens (tertiary/aromatic N) is 3. The van der Waals surface area contributed by atoms with E-state index >= 15 is 0 Å². The van der Waals surface area contributed by atoms with Crippen LogP contribution in [0, 0.1) is 0 Å². The fourth-order valence-corrected chi connectivity index (χ4v) is 3.90. The van der Waals surface area contributed by atoms with Crippen molar-refractivity contribution in [2.24, 2.45) is 4.99 Å². The standard InChI is InChI=1S/C29H25N3O2/c1-3-20(2)21-13-15-24(16-14-21)30-18-23-19-32(25-10-5-4-6-11-25)31-28(23)26-17-22-9-7-8-12-27(22)34-29(26)33/h4-20H,3H2,1-2H3. The van der Waals surface area contributed by atoms with E-state index in [0.29, 0.717) is 22.8 Å². The molecule has 1 unspecified atom stereocenters. The lowest BCUT2D eigenvalue weighted by Gasteiger charge is -2.08. The van der Waals surface area contributed by atoms with Crippen LogP contribution in [0.4, 0.5) is 5.69 Å². The first-order valence-corrected chi connectivity index (χ1v) is 11.4. The summed E-state index contributed by atoms with van der Waals surface area (Å²) in [5, 5.41) is 5.59. The number of benzene rings is 3. The predicted octanol–water partition coefficient (Wildman–Crippen LogP) is 6.91. The fraction of sp³-hybridized carbons (Fsp3) is 0.138. The van der Waals surface area contributed by atoms with Crippen LogP contribution >= 0.6 is 0 Å². The molecule has 5 nitrogen and oxygen atoms in total. The van der Waals surface area contributed by atoms with E-state index in [1.807, 2.05) is 72.9 Å². The van der Waals surface area contributed by atoms with Crippen molar-refractivity contribution in [3.05, 3.63) is 113 Å². The zero-order valence-electron chi connectivity index (χ0n) is 19.2. The van der Waals surface area contributed by atoms with Crippen LogP contribution in [0.1, 0.15) is 37.3 Å². The lowest BCUT2D eigenvalue weighted by molar-refractivity contribution is 0.563. The van der Waals surface area contributed by atoms with Gasteiger partial charge in [0.2, 0.25) is 0 Å². The van der Waals surface area contributed by atoms with E-state index in [9.17, 15) is 4.79 Å². The number of aromatic nitrogens is 2. The van der Waals surface area contributed by atoms with Gasteiger partial charge in [-0.05, 0) is 54.3 Å². The maximum absolute atomic E-state index is 12.9. The molecule has 2 heterocycles. The van der Waals surface area contributed by atoms with Crippen molar-refractivity contribution < 1.29 is 4.42 Å². The molecule has 2 aromatic heterocycles. The smallest absolute Gasteiger partial charge is 0.345 e. The fourth-order valence-electron chi connectivity index (χ4n) is 3.90. The Morgan fingerprint density at radius 2 is 1.74 bits per heavy atom. The van der Waals surface area contributed by atoms with Gasteiger partial charge in [0, 0.05) is 23.4 Å². The van der Waals surface area contributed by atoms with Crippen LogP contribution in [0.5, 0.6) is 0 Å². The Balaban J connectivity index is 1.59. The molecule has 0 aliphatic carbocycles. The second kappa shape index (κ2) is 9.32. The van der Waals surface area contributed by atoms with E-state index in [2.05, 4.69) is 31.0 Å². The minimum Gasteiger partial charge on any atom is -0.422 e. The van der Waals surface area contributed by atoms with Gasteiger partial charge in [-0.15, -0.1) is 0 Å². The van der Waals surface area contributed by atoms with Gasteiger partial charge in [-0.2, -0.15) is 5.10 Å². The van der Waals surface area contributed by atoms with Crippen LogP contribution in [-0.2, 0) is 0 Å². The van der Waals surface area contributed by atoms with E-state index in [1.165, 1.54) is 5.56 Å². The number of fused-ring (bicyclic) bond motifs is 1. The van der Waals surface area contributed by atoms with Crippen molar-refractivity contribution in [2.75, 3.05) is 0 Å². The lowest BCUT2D eigenvalue weighted by atomic mass is 9.99. The van der Waals surface area contributed by atoms with Gasteiger partial charge in [-0.1, -0.05) is 62.4 Å². The maximum Gasteiger partial charge on any atom is 0.345 e. The number of para-hydroxylation sites is 2. The summed E-state index contributed by atoms with van der Waals surface area (Å²) in [6, 6.07) is 27.4.